The minimum Gasteiger partial charge on any atom is -0.321 e. The van der Waals surface area contributed by atoms with E-state index in [-0.39, 0.29) is 10.5 Å². The van der Waals surface area contributed by atoms with E-state index < -0.39 is 21.7 Å². The topological polar surface area (TPSA) is 102 Å². The van der Waals surface area contributed by atoms with Crippen molar-refractivity contribution in [3.63, 3.8) is 0 Å². The van der Waals surface area contributed by atoms with E-state index in [2.05, 4.69) is 26.2 Å². The first-order valence-electron chi connectivity index (χ1n) is 5.51. The summed E-state index contributed by atoms with van der Waals surface area (Å²) in [7, 11) is -3.83. The van der Waals surface area contributed by atoms with Crippen LogP contribution in [0.1, 0.15) is 10.4 Å². The van der Waals surface area contributed by atoms with Crippen molar-refractivity contribution in [2.45, 2.75) is 4.90 Å². The summed E-state index contributed by atoms with van der Waals surface area (Å²) in [6.45, 7) is 0. The van der Waals surface area contributed by atoms with Crippen LogP contribution in [0.15, 0.2) is 46.0 Å². The van der Waals surface area contributed by atoms with Crippen molar-refractivity contribution >= 4 is 37.5 Å². The highest BCUT2D eigenvalue weighted by atomic mass is 79.9. The maximum Gasteiger partial charge on any atom is 0.257 e. The third kappa shape index (κ3) is 3.84. The second-order valence-corrected chi connectivity index (χ2v) is 6.45. The minimum atomic E-state index is -3.83. The van der Waals surface area contributed by atoms with Gasteiger partial charge in [-0.25, -0.2) is 17.9 Å². The number of nitrogens with zero attached hydrogens (tertiary/aromatic N) is 1. The van der Waals surface area contributed by atoms with Crippen LogP contribution in [0.4, 0.5) is 10.1 Å². The van der Waals surface area contributed by atoms with Crippen LogP contribution in [-0.4, -0.2) is 19.3 Å². The number of pyridine rings is 1. The number of primary sulfonamides is 1. The van der Waals surface area contributed by atoms with Crippen LogP contribution < -0.4 is 10.5 Å². The number of anilines is 1. The number of sulfonamides is 1. The zero-order valence-corrected chi connectivity index (χ0v) is 12.8. The first-order chi connectivity index (χ1) is 9.77. The number of carbonyl (C=O) groups excluding carboxylic acids is 1. The Morgan fingerprint density at radius 1 is 1.29 bits per heavy atom. The van der Waals surface area contributed by atoms with Crippen LogP contribution in [0, 0.1) is 5.82 Å². The zero-order chi connectivity index (χ0) is 15.6. The molecule has 2 aromatic rings. The van der Waals surface area contributed by atoms with Crippen molar-refractivity contribution in [3.05, 3.63) is 52.5 Å². The normalized spacial score (nSPS) is 11.2. The molecule has 1 heterocycles. The largest absolute Gasteiger partial charge is 0.321 e. The lowest BCUT2D eigenvalue weighted by molar-refractivity contribution is 0.102. The molecule has 3 N–H and O–H groups in total. The maximum atomic E-state index is 13.0. The predicted octanol–water partition coefficient (Wildman–Crippen LogP) is 1.88. The average Bonchev–Trinajstić information content (AvgIpc) is 2.39. The zero-order valence-electron chi connectivity index (χ0n) is 10.4. The van der Waals surface area contributed by atoms with Crippen molar-refractivity contribution < 1.29 is 17.6 Å². The summed E-state index contributed by atoms with van der Waals surface area (Å²) in [5.41, 5.74) is 0.356. The van der Waals surface area contributed by atoms with E-state index in [1.165, 1.54) is 24.4 Å². The fraction of sp³-hybridized carbons (Fsp3) is 0. The lowest BCUT2D eigenvalue weighted by Crippen LogP contribution is -2.14. The highest BCUT2D eigenvalue weighted by molar-refractivity contribution is 9.10. The van der Waals surface area contributed by atoms with Crippen LogP contribution in [0.3, 0.4) is 0 Å². The lowest BCUT2D eigenvalue weighted by Gasteiger charge is -2.08. The Balaban J connectivity index is 2.26. The third-order valence-electron chi connectivity index (χ3n) is 2.48. The van der Waals surface area contributed by atoms with Crippen molar-refractivity contribution in [2.24, 2.45) is 5.14 Å². The first kappa shape index (κ1) is 15.5. The van der Waals surface area contributed by atoms with Gasteiger partial charge in [-0.2, -0.15) is 0 Å². The van der Waals surface area contributed by atoms with Gasteiger partial charge in [-0.3, -0.25) is 9.78 Å². The first-order valence-corrected chi connectivity index (χ1v) is 7.85. The summed E-state index contributed by atoms with van der Waals surface area (Å²) >= 11 is 3.13. The maximum absolute atomic E-state index is 13.0. The second kappa shape index (κ2) is 5.88. The molecule has 0 spiro atoms. The van der Waals surface area contributed by atoms with E-state index in [0.717, 1.165) is 12.3 Å². The predicted molar refractivity (Wildman–Crippen MR) is 77.7 cm³/mol. The molecule has 1 aromatic carbocycles. The van der Waals surface area contributed by atoms with Crippen LogP contribution >= 0.6 is 15.9 Å². The number of aromatic nitrogens is 1. The highest BCUT2D eigenvalue weighted by Crippen LogP contribution is 2.25. The molecule has 1 aromatic heterocycles. The van der Waals surface area contributed by atoms with Crippen molar-refractivity contribution in [3.8, 4) is 0 Å². The quantitative estimate of drug-likeness (QED) is 0.857. The molecule has 1 amide bonds. The summed E-state index contributed by atoms with van der Waals surface area (Å²) in [6, 6.07) is 4.91. The molecule has 6 nitrogen and oxygen atoms in total. The Morgan fingerprint density at radius 2 is 2.00 bits per heavy atom. The average molecular weight is 374 g/mol. The second-order valence-electron chi connectivity index (χ2n) is 4.03. The van der Waals surface area contributed by atoms with Gasteiger partial charge in [0.05, 0.1) is 22.3 Å². The molecule has 0 saturated carbocycles. The Kier molecular flexibility index (Phi) is 4.35. The molecule has 0 aliphatic heterocycles. The van der Waals surface area contributed by atoms with Crippen molar-refractivity contribution in [2.75, 3.05) is 5.32 Å². The molecule has 0 saturated heterocycles. The molecule has 2 rings (SSSR count). The van der Waals surface area contributed by atoms with Gasteiger partial charge in [0.2, 0.25) is 10.0 Å². The number of carbonyl (C=O) groups is 1. The Labute approximate surface area is 128 Å². The van der Waals surface area contributed by atoms with Gasteiger partial charge in [0.15, 0.2) is 0 Å². The number of hydrogen-bond acceptors (Lipinski definition) is 4. The molecule has 21 heavy (non-hydrogen) atoms. The third-order valence-corrected chi connectivity index (χ3v) is 4.05. The molecule has 0 aliphatic rings. The lowest BCUT2D eigenvalue weighted by atomic mass is 10.2. The molecule has 0 unspecified atom stereocenters. The van der Waals surface area contributed by atoms with Gasteiger partial charge in [-0.1, -0.05) is 0 Å². The van der Waals surface area contributed by atoms with E-state index in [9.17, 15) is 17.6 Å². The van der Waals surface area contributed by atoms with E-state index in [0.29, 0.717) is 10.2 Å². The number of benzene rings is 1. The van der Waals surface area contributed by atoms with Crippen LogP contribution in [0.2, 0.25) is 0 Å². The fourth-order valence-electron chi connectivity index (χ4n) is 1.50. The summed E-state index contributed by atoms with van der Waals surface area (Å²) < 4.78 is 35.7. The Hall–Kier alpha value is -1.84. The van der Waals surface area contributed by atoms with Gasteiger partial charge >= 0.3 is 0 Å². The molecule has 9 heteroatoms. The summed E-state index contributed by atoms with van der Waals surface area (Å²) in [5.74, 6) is -1.21. The molecule has 0 atom stereocenters. The van der Waals surface area contributed by atoms with Gasteiger partial charge < -0.3 is 5.32 Å². The summed E-state index contributed by atoms with van der Waals surface area (Å²) in [4.78, 5) is 15.4. The Morgan fingerprint density at radius 3 is 2.57 bits per heavy atom. The molecular weight excluding hydrogens is 365 g/mol. The monoisotopic (exact) mass is 373 g/mol. The van der Waals surface area contributed by atoms with Crippen molar-refractivity contribution in [1.29, 1.82) is 0 Å². The van der Waals surface area contributed by atoms with Gasteiger partial charge in [0.25, 0.3) is 5.91 Å². The number of nitrogens with one attached hydrogen (secondary N) is 1. The highest BCUT2D eigenvalue weighted by Gasteiger charge is 2.13. The van der Waals surface area contributed by atoms with Crippen molar-refractivity contribution in [1.82, 2.24) is 4.98 Å². The Bertz CT molecular complexity index is 811. The van der Waals surface area contributed by atoms with E-state index in [1.807, 2.05) is 0 Å². The standard InChI is InChI=1S/C12H9BrFN3O3S/c13-10-4-9(21(15,19)20)1-2-11(10)17-12(18)7-3-8(14)6-16-5-7/h1-6H,(H,17,18)(H2,15,19,20). The minimum absolute atomic E-state index is 0.0393. The van der Waals surface area contributed by atoms with Crippen LogP contribution in [-0.2, 0) is 10.0 Å². The van der Waals surface area contributed by atoms with Gasteiger partial charge in [-0.05, 0) is 40.2 Å². The van der Waals surface area contributed by atoms with Crippen LogP contribution in [0.5, 0.6) is 0 Å². The molecule has 0 aliphatic carbocycles. The fourth-order valence-corrected chi connectivity index (χ4v) is 2.67. The number of rotatable bonds is 3. The number of amides is 1. The van der Waals surface area contributed by atoms with E-state index >= 15 is 0 Å². The van der Waals surface area contributed by atoms with Gasteiger partial charge in [0.1, 0.15) is 5.82 Å². The smallest absolute Gasteiger partial charge is 0.257 e. The van der Waals surface area contributed by atoms with Gasteiger partial charge in [0, 0.05) is 10.7 Å². The van der Waals surface area contributed by atoms with Crippen LogP contribution in [0.25, 0.3) is 0 Å². The molecule has 0 radical (unpaired) electrons. The SMILES string of the molecule is NS(=O)(=O)c1ccc(NC(=O)c2cncc(F)c2)c(Br)c1. The molecule has 110 valence electrons. The molecular formula is C12H9BrFN3O3S. The number of nitrogens with two attached hydrogens (primary N) is 1. The summed E-state index contributed by atoms with van der Waals surface area (Å²) in [6.07, 6.45) is 2.19. The van der Waals surface area contributed by atoms with Gasteiger partial charge in [-0.15, -0.1) is 0 Å². The summed E-state index contributed by atoms with van der Waals surface area (Å²) in [5, 5.41) is 7.50. The number of halogens is 2. The van der Waals surface area contributed by atoms with E-state index in [1.54, 1.807) is 0 Å². The number of hydrogen-bond donors (Lipinski definition) is 2. The van der Waals surface area contributed by atoms with E-state index in [4.69, 9.17) is 5.14 Å². The molecule has 0 fully saturated rings. The molecule has 0 bridgehead atoms.